The summed E-state index contributed by atoms with van der Waals surface area (Å²) in [6, 6.07) is 4.47. The van der Waals surface area contributed by atoms with Gasteiger partial charge in [0.1, 0.15) is 23.2 Å². The van der Waals surface area contributed by atoms with Crippen molar-refractivity contribution in [3.63, 3.8) is 0 Å². The number of rotatable bonds is 5. The van der Waals surface area contributed by atoms with Crippen molar-refractivity contribution in [2.45, 2.75) is 52.4 Å². The highest BCUT2D eigenvalue weighted by Crippen LogP contribution is 2.31. The van der Waals surface area contributed by atoms with Gasteiger partial charge in [0.15, 0.2) is 0 Å². The third-order valence-electron chi connectivity index (χ3n) is 3.58. The van der Waals surface area contributed by atoms with E-state index in [9.17, 15) is 18.4 Å². The van der Waals surface area contributed by atoms with Crippen LogP contribution in [0.2, 0.25) is 0 Å². The van der Waals surface area contributed by atoms with Gasteiger partial charge in [-0.15, -0.1) is 0 Å². The summed E-state index contributed by atoms with van der Waals surface area (Å²) < 4.78 is 34.7. The summed E-state index contributed by atoms with van der Waals surface area (Å²) in [6.07, 6.45) is -0.137. The Bertz CT molecular complexity index is 613. The molecule has 7 heteroatoms. The first kappa shape index (κ1) is 19.9. The van der Waals surface area contributed by atoms with Gasteiger partial charge in [-0.3, -0.25) is 4.90 Å². The standard InChI is InChI=1S/C17H23F2NO4/c1-11-7-8-12(9-13(11)23-14(18)19)17(5,10-21)20(6)15(22)24-16(2,3)4/h7-10,14H,1-6H3. The summed E-state index contributed by atoms with van der Waals surface area (Å²) in [7, 11) is 1.41. The van der Waals surface area contributed by atoms with Crippen LogP contribution in [0.3, 0.4) is 0 Å². The summed E-state index contributed by atoms with van der Waals surface area (Å²) >= 11 is 0. The average Bonchev–Trinajstić information content (AvgIpc) is 2.45. The molecule has 1 amide bonds. The molecule has 0 heterocycles. The molecular weight excluding hydrogens is 320 g/mol. The van der Waals surface area contributed by atoms with Crippen molar-refractivity contribution in [3.05, 3.63) is 29.3 Å². The number of benzene rings is 1. The van der Waals surface area contributed by atoms with E-state index in [4.69, 9.17) is 4.74 Å². The number of alkyl halides is 2. The number of aldehydes is 1. The summed E-state index contributed by atoms with van der Waals surface area (Å²) in [5.74, 6) is -0.0480. The van der Waals surface area contributed by atoms with Crippen molar-refractivity contribution in [3.8, 4) is 5.75 Å². The van der Waals surface area contributed by atoms with Crippen molar-refractivity contribution < 1.29 is 27.8 Å². The molecule has 0 saturated heterocycles. The molecule has 0 aromatic heterocycles. The van der Waals surface area contributed by atoms with Crippen molar-refractivity contribution in [1.82, 2.24) is 4.90 Å². The van der Waals surface area contributed by atoms with E-state index in [-0.39, 0.29) is 5.75 Å². The van der Waals surface area contributed by atoms with Crippen molar-refractivity contribution >= 4 is 12.4 Å². The molecule has 0 N–H and O–H groups in total. The molecule has 1 atom stereocenters. The van der Waals surface area contributed by atoms with Gasteiger partial charge in [-0.1, -0.05) is 12.1 Å². The monoisotopic (exact) mass is 343 g/mol. The van der Waals surface area contributed by atoms with Crippen LogP contribution in [0.4, 0.5) is 13.6 Å². The second kappa shape index (κ2) is 7.15. The number of carbonyl (C=O) groups excluding carboxylic acids is 2. The van der Waals surface area contributed by atoms with Gasteiger partial charge in [0, 0.05) is 7.05 Å². The van der Waals surface area contributed by atoms with E-state index in [1.807, 2.05) is 0 Å². The molecule has 134 valence electrons. The Hall–Kier alpha value is -2.18. The van der Waals surface area contributed by atoms with E-state index in [0.29, 0.717) is 17.4 Å². The number of amides is 1. The number of nitrogens with zero attached hydrogens (tertiary/aromatic N) is 1. The molecule has 0 bridgehead atoms. The number of ether oxygens (including phenoxy) is 2. The van der Waals surface area contributed by atoms with Gasteiger partial charge in [0.25, 0.3) is 0 Å². The Kier molecular flexibility index (Phi) is 5.92. The van der Waals surface area contributed by atoms with E-state index in [0.717, 1.165) is 4.90 Å². The third-order valence-corrected chi connectivity index (χ3v) is 3.58. The highest BCUT2D eigenvalue weighted by molar-refractivity contribution is 5.78. The van der Waals surface area contributed by atoms with Crippen LogP contribution in [-0.4, -0.2) is 36.5 Å². The Labute approximate surface area is 140 Å². The lowest BCUT2D eigenvalue weighted by Crippen LogP contribution is -2.48. The van der Waals surface area contributed by atoms with Crippen LogP contribution in [0.15, 0.2) is 18.2 Å². The van der Waals surface area contributed by atoms with Gasteiger partial charge >= 0.3 is 12.7 Å². The molecule has 0 aliphatic carbocycles. The van der Waals surface area contributed by atoms with Crippen LogP contribution in [0.1, 0.15) is 38.8 Å². The van der Waals surface area contributed by atoms with Gasteiger partial charge < -0.3 is 14.3 Å². The lowest BCUT2D eigenvalue weighted by Gasteiger charge is -2.36. The highest BCUT2D eigenvalue weighted by atomic mass is 19.3. The van der Waals surface area contributed by atoms with E-state index >= 15 is 0 Å². The molecule has 1 aromatic rings. The molecular formula is C17H23F2NO4. The Morgan fingerprint density at radius 1 is 1.25 bits per heavy atom. The molecule has 1 aromatic carbocycles. The van der Waals surface area contributed by atoms with E-state index < -0.39 is 23.8 Å². The Morgan fingerprint density at radius 2 is 1.83 bits per heavy atom. The SMILES string of the molecule is Cc1ccc(C(C)(C=O)N(C)C(=O)OC(C)(C)C)cc1OC(F)F. The first-order chi connectivity index (χ1) is 10.9. The van der Waals surface area contributed by atoms with Crippen LogP contribution < -0.4 is 4.74 Å². The maximum Gasteiger partial charge on any atom is 0.411 e. The Morgan fingerprint density at radius 3 is 2.29 bits per heavy atom. The van der Waals surface area contributed by atoms with Gasteiger partial charge in [0.05, 0.1) is 0 Å². The van der Waals surface area contributed by atoms with Gasteiger partial charge in [-0.2, -0.15) is 8.78 Å². The van der Waals surface area contributed by atoms with Gasteiger partial charge in [-0.05, 0) is 51.8 Å². The molecule has 0 saturated carbocycles. The topological polar surface area (TPSA) is 55.8 Å². The summed E-state index contributed by atoms with van der Waals surface area (Å²) in [6.45, 7) is 5.25. The van der Waals surface area contributed by atoms with Crippen LogP contribution in [0.5, 0.6) is 5.75 Å². The summed E-state index contributed by atoms with van der Waals surface area (Å²) in [5.41, 5.74) is -1.29. The zero-order valence-electron chi connectivity index (χ0n) is 14.7. The van der Waals surface area contributed by atoms with Crippen LogP contribution in [0, 0.1) is 6.92 Å². The molecule has 5 nitrogen and oxygen atoms in total. The first-order valence-corrected chi connectivity index (χ1v) is 7.40. The van der Waals surface area contributed by atoms with Gasteiger partial charge in [-0.25, -0.2) is 4.79 Å². The number of likely N-dealkylation sites (N-methyl/N-ethyl adjacent to an activating group) is 1. The van der Waals surface area contributed by atoms with Crippen molar-refractivity contribution in [2.24, 2.45) is 0 Å². The number of halogens is 2. The zero-order valence-corrected chi connectivity index (χ0v) is 14.7. The lowest BCUT2D eigenvalue weighted by atomic mass is 9.91. The number of hydrogen-bond donors (Lipinski definition) is 0. The fourth-order valence-corrected chi connectivity index (χ4v) is 2.00. The second-order valence-electron chi connectivity index (χ2n) is 6.66. The minimum absolute atomic E-state index is 0.0480. The minimum Gasteiger partial charge on any atom is -0.444 e. The van der Waals surface area contributed by atoms with E-state index in [1.165, 1.54) is 20.0 Å². The fourth-order valence-electron chi connectivity index (χ4n) is 2.00. The maximum absolute atomic E-state index is 12.5. The lowest BCUT2D eigenvalue weighted by molar-refractivity contribution is -0.117. The maximum atomic E-state index is 12.5. The van der Waals surface area contributed by atoms with Crippen LogP contribution in [0.25, 0.3) is 0 Å². The van der Waals surface area contributed by atoms with E-state index in [1.54, 1.807) is 39.8 Å². The Balaban J connectivity index is 3.23. The molecule has 1 rings (SSSR count). The predicted octanol–water partition coefficient (Wildman–Crippen LogP) is 3.88. The molecule has 0 radical (unpaired) electrons. The second-order valence-corrected chi connectivity index (χ2v) is 6.66. The normalized spacial score (nSPS) is 14.0. The summed E-state index contributed by atoms with van der Waals surface area (Å²) in [4.78, 5) is 25.1. The number of carbonyl (C=O) groups is 2. The third kappa shape index (κ3) is 4.66. The quantitative estimate of drug-likeness (QED) is 0.762. The molecule has 0 aliphatic rings. The molecule has 0 spiro atoms. The van der Waals surface area contributed by atoms with Crippen LogP contribution >= 0.6 is 0 Å². The highest BCUT2D eigenvalue weighted by Gasteiger charge is 2.37. The summed E-state index contributed by atoms with van der Waals surface area (Å²) in [5, 5.41) is 0. The van der Waals surface area contributed by atoms with Crippen LogP contribution in [-0.2, 0) is 15.1 Å². The molecule has 0 fully saturated rings. The van der Waals surface area contributed by atoms with Gasteiger partial charge in [0.2, 0.25) is 0 Å². The van der Waals surface area contributed by atoms with Crippen molar-refractivity contribution in [1.29, 1.82) is 0 Å². The number of hydrogen-bond acceptors (Lipinski definition) is 4. The van der Waals surface area contributed by atoms with E-state index in [2.05, 4.69) is 4.74 Å². The largest absolute Gasteiger partial charge is 0.444 e. The fraction of sp³-hybridized carbons (Fsp3) is 0.529. The molecule has 24 heavy (non-hydrogen) atoms. The smallest absolute Gasteiger partial charge is 0.411 e. The van der Waals surface area contributed by atoms with Crippen molar-refractivity contribution in [2.75, 3.05) is 7.05 Å². The number of aryl methyl sites for hydroxylation is 1. The zero-order chi connectivity index (χ0) is 18.7. The molecule has 1 unspecified atom stereocenters. The first-order valence-electron chi connectivity index (χ1n) is 7.40. The molecule has 0 aliphatic heterocycles. The average molecular weight is 343 g/mol. The predicted molar refractivity (Wildman–Crippen MR) is 85.2 cm³/mol. The minimum atomic E-state index is -2.98.